The molecule has 0 saturated carbocycles. The van der Waals surface area contributed by atoms with Crippen LogP contribution < -0.4 is 10.2 Å². The van der Waals surface area contributed by atoms with E-state index in [4.69, 9.17) is 0 Å². The van der Waals surface area contributed by atoms with Gasteiger partial charge in [-0.2, -0.15) is 0 Å². The summed E-state index contributed by atoms with van der Waals surface area (Å²) in [5, 5.41) is 42.2. The maximum atomic E-state index is 10.9. The Balaban J connectivity index is 3.49. The molecule has 1 rings (SSSR count). The van der Waals surface area contributed by atoms with Gasteiger partial charge in [-0.15, -0.1) is 0 Å². The van der Waals surface area contributed by atoms with E-state index >= 15 is 0 Å². The maximum Gasteiger partial charge on any atom is 0.312 e. The third kappa shape index (κ3) is 1.37. The number of carbonyl (C=O) groups is 2. The van der Waals surface area contributed by atoms with Gasteiger partial charge in [-0.3, -0.25) is 29.8 Å². The Hall–Kier alpha value is -2.78. The Morgan fingerprint density at radius 1 is 0.750 bits per heavy atom. The van der Waals surface area contributed by atoms with Crippen LogP contribution in [0.25, 0.3) is 0 Å². The van der Waals surface area contributed by atoms with E-state index in [0.717, 1.165) is 0 Å². The van der Waals surface area contributed by atoms with Gasteiger partial charge in [0.1, 0.15) is 0 Å². The van der Waals surface area contributed by atoms with Crippen LogP contribution in [-0.4, -0.2) is 21.4 Å². The summed E-state index contributed by atoms with van der Waals surface area (Å²) in [6.07, 6.45) is 0. The summed E-state index contributed by atoms with van der Waals surface area (Å²) in [6.45, 7) is 0. The molecule has 0 atom stereocenters. The molecule has 0 fully saturated rings. The standard InChI is InChI=1S/C6H2N2O8/c9-3-1(7(13)14)4(10)6(12)2(5(3)11)8(15)16/h9,12H/p-2. The smallest absolute Gasteiger partial charge is 0.312 e. The molecule has 0 bridgehead atoms. The van der Waals surface area contributed by atoms with Crippen LogP contribution in [0.15, 0.2) is 22.9 Å². The van der Waals surface area contributed by atoms with Crippen molar-refractivity contribution in [2.75, 3.05) is 0 Å². The van der Waals surface area contributed by atoms with Crippen molar-refractivity contribution in [2.24, 2.45) is 0 Å². The Labute approximate surface area is 85.4 Å². The van der Waals surface area contributed by atoms with Crippen molar-refractivity contribution in [1.82, 2.24) is 0 Å². The molecule has 0 aromatic rings. The molecule has 1 aliphatic rings. The van der Waals surface area contributed by atoms with Gasteiger partial charge in [0.15, 0.2) is 0 Å². The molecule has 1 aliphatic carbocycles. The molecule has 0 spiro atoms. The van der Waals surface area contributed by atoms with Crippen LogP contribution in [-0.2, 0) is 9.59 Å². The summed E-state index contributed by atoms with van der Waals surface area (Å²) in [6, 6.07) is 0. The van der Waals surface area contributed by atoms with Crippen LogP contribution in [0.2, 0.25) is 0 Å². The number of hydrogen-bond donors (Lipinski definition) is 0. The second-order valence-electron chi connectivity index (χ2n) is 2.53. The van der Waals surface area contributed by atoms with Crippen molar-refractivity contribution >= 4 is 11.6 Å². The summed E-state index contributed by atoms with van der Waals surface area (Å²) in [5.41, 5.74) is -3.53. The zero-order valence-corrected chi connectivity index (χ0v) is 7.16. The van der Waals surface area contributed by atoms with E-state index in [2.05, 4.69) is 0 Å². The van der Waals surface area contributed by atoms with Gasteiger partial charge in [0.25, 0.3) is 11.6 Å². The molecule has 10 heteroatoms. The molecular weight excluding hydrogens is 228 g/mol. The summed E-state index contributed by atoms with van der Waals surface area (Å²) in [5.74, 6) is -7.83. The average Bonchev–Trinajstić information content (AvgIpc) is 2.14. The van der Waals surface area contributed by atoms with Crippen LogP contribution in [0.1, 0.15) is 0 Å². The Morgan fingerprint density at radius 2 is 1.00 bits per heavy atom. The van der Waals surface area contributed by atoms with Crippen molar-refractivity contribution in [3.63, 3.8) is 0 Å². The molecule has 0 radical (unpaired) electrons. The molecule has 0 aromatic carbocycles. The summed E-state index contributed by atoms with van der Waals surface area (Å²) >= 11 is 0. The number of nitro groups is 2. The number of nitrogens with zero attached hydrogens (tertiary/aromatic N) is 2. The number of hydrogen-bond acceptors (Lipinski definition) is 8. The van der Waals surface area contributed by atoms with Crippen molar-refractivity contribution in [2.45, 2.75) is 0 Å². The summed E-state index contributed by atoms with van der Waals surface area (Å²) in [4.78, 5) is 39.2. The lowest BCUT2D eigenvalue weighted by atomic mass is 10.0. The summed E-state index contributed by atoms with van der Waals surface area (Å²) in [7, 11) is 0. The van der Waals surface area contributed by atoms with Crippen LogP contribution in [0.5, 0.6) is 0 Å². The predicted octanol–water partition coefficient (Wildman–Crippen LogP) is -3.16. The van der Waals surface area contributed by atoms with Gasteiger partial charge in [0.2, 0.25) is 0 Å². The monoisotopic (exact) mass is 228 g/mol. The second kappa shape index (κ2) is 3.42. The van der Waals surface area contributed by atoms with Gasteiger partial charge in [-0.25, -0.2) is 0 Å². The van der Waals surface area contributed by atoms with Crippen molar-refractivity contribution in [3.8, 4) is 0 Å². The van der Waals surface area contributed by atoms with Gasteiger partial charge in [0.05, 0.1) is 9.85 Å². The SMILES string of the molecule is O=C1C([O-])=C([N+](=O)[O-])C(=O)C([O-])=C1[N+](=O)[O-]. The first kappa shape index (κ1) is 11.3. The van der Waals surface area contributed by atoms with E-state index in [0.29, 0.717) is 0 Å². The van der Waals surface area contributed by atoms with Crippen molar-refractivity contribution in [3.05, 3.63) is 43.1 Å². The van der Waals surface area contributed by atoms with Crippen molar-refractivity contribution < 1.29 is 29.6 Å². The second-order valence-corrected chi connectivity index (χ2v) is 2.53. The minimum atomic E-state index is -1.96. The van der Waals surface area contributed by atoms with Crippen LogP contribution in [0.3, 0.4) is 0 Å². The molecule has 84 valence electrons. The minimum Gasteiger partial charge on any atom is -0.865 e. The van der Waals surface area contributed by atoms with Crippen molar-refractivity contribution in [1.29, 1.82) is 0 Å². The quantitative estimate of drug-likeness (QED) is 0.271. The number of carbonyl (C=O) groups excluding carboxylic acids is 2. The van der Waals surface area contributed by atoms with E-state index in [-0.39, 0.29) is 0 Å². The third-order valence-electron chi connectivity index (χ3n) is 1.64. The Bertz CT molecular complexity index is 453. The largest absolute Gasteiger partial charge is 0.865 e. The van der Waals surface area contributed by atoms with E-state index in [1.165, 1.54) is 0 Å². The highest BCUT2D eigenvalue weighted by Crippen LogP contribution is 2.19. The lowest BCUT2D eigenvalue weighted by Crippen LogP contribution is -2.38. The molecular formula is C6N2O8-2. The van der Waals surface area contributed by atoms with Gasteiger partial charge in [0, 0.05) is 11.5 Å². The number of ketones is 2. The van der Waals surface area contributed by atoms with E-state index in [9.17, 15) is 40.0 Å². The fourth-order valence-corrected chi connectivity index (χ4v) is 0.968. The highest BCUT2D eigenvalue weighted by molar-refractivity contribution is 6.20. The first-order valence-corrected chi connectivity index (χ1v) is 3.49. The normalized spacial score (nSPS) is 16.8. The summed E-state index contributed by atoms with van der Waals surface area (Å²) < 4.78 is 0. The lowest BCUT2D eigenvalue weighted by Gasteiger charge is -2.18. The fourth-order valence-electron chi connectivity index (χ4n) is 0.968. The minimum absolute atomic E-state index is 1.52. The Kier molecular flexibility index (Phi) is 2.41. The van der Waals surface area contributed by atoms with Crippen LogP contribution in [0, 0.1) is 20.2 Å². The van der Waals surface area contributed by atoms with Gasteiger partial charge in [-0.1, -0.05) is 0 Å². The average molecular weight is 228 g/mol. The first-order valence-electron chi connectivity index (χ1n) is 3.49. The fraction of sp³-hybridized carbons (Fsp3) is 0. The van der Waals surface area contributed by atoms with E-state index in [1.807, 2.05) is 0 Å². The topological polar surface area (TPSA) is 167 Å². The van der Waals surface area contributed by atoms with Gasteiger partial charge >= 0.3 is 11.4 Å². The molecule has 0 saturated heterocycles. The highest BCUT2D eigenvalue weighted by atomic mass is 16.6. The molecule has 10 nitrogen and oxygen atoms in total. The van der Waals surface area contributed by atoms with Crippen LogP contribution >= 0.6 is 0 Å². The Morgan fingerprint density at radius 3 is 1.19 bits per heavy atom. The van der Waals surface area contributed by atoms with Gasteiger partial charge in [-0.05, 0) is 0 Å². The molecule has 0 unspecified atom stereocenters. The number of Topliss-reactive ketones (excluding diaryl/α,β-unsaturated/α-hetero) is 2. The lowest BCUT2D eigenvalue weighted by molar-refractivity contribution is -0.450. The molecule has 0 N–H and O–H groups in total. The van der Waals surface area contributed by atoms with Crippen LogP contribution in [0.4, 0.5) is 0 Å². The third-order valence-corrected chi connectivity index (χ3v) is 1.64. The zero-order chi connectivity index (χ0) is 12.6. The molecule has 0 aromatic heterocycles. The van der Waals surface area contributed by atoms with E-state index in [1.54, 1.807) is 0 Å². The predicted molar refractivity (Wildman–Crippen MR) is 38.1 cm³/mol. The highest BCUT2D eigenvalue weighted by Gasteiger charge is 2.39. The molecule has 0 amide bonds. The van der Waals surface area contributed by atoms with Gasteiger partial charge < -0.3 is 10.2 Å². The molecule has 16 heavy (non-hydrogen) atoms. The molecule has 0 heterocycles. The molecule has 0 aliphatic heterocycles. The maximum absolute atomic E-state index is 10.9. The zero-order valence-electron chi connectivity index (χ0n) is 7.16. The van der Waals surface area contributed by atoms with E-state index < -0.39 is 44.3 Å². The first-order chi connectivity index (χ1) is 7.29. The number of rotatable bonds is 2.